The number of benzene rings is 3. The van der Waals surface area contributed by atoms with Gasteiger partial charge in [0.05, 0.1) is 6.54 Å². The van der Waals surface area contributed by atoms with Gasteiger partial charge in [0.25, 0.3) is 0 Å². The van der Waals surface area contributed by atoms with Crippen LogP contribution in [0.25, 0.3) is 22.5 Å². The molecule has 0 spiro atoms. The molecule has 3 nitrogen and oxygen atoms in total. The lowest BCUT2D eigenvalue weighted by atomic mass is 10.1. The average molecular weight is 361 g/mol. The third-order valence-electron chi connectivity index (χ3n) is 4.15. The second-order valence-electron chi connectivity index (χ2n) is 5.99. The molecular weight excluding hydrogens is 344 g/mol. The van der Waals surface area contributed by atoms with Crippen LogP contribution < -0.4 is 5.32 Å². The minimum atomic E-state index is 0.599. The second-order valence-corrected chi connectivity index (χ2v) is 6.42. The van der Waals surface area contributed by atoms with Crippen LogP contribution in [0.4, 0.5) is 5.69 Å². The lowest BCUT2D eigenvalue weighted by molar-refractivity contribution is 0.424. The van der Waals surface area contributed by atoms with E-state index >= 15 is 0 Å². The fourth-order valence-corrected chi connectivity index (χ4v) is 2.88. The minimum absolute atomic E-state index is 0.599. The van der Waals surface area contributed by atoms with Gasteiger partial charge in [-0.25, -0.2) is 0 Å². The predicted molar refractivity (Wildman–Crippen MR) is 106 cm³/mol. The number of nitrogens with one attached hydrogen (secondary N) is 1. The lowest BCUT2D eigenvalue weighted by Gasteiger charge is -2.06. The molecule has 1 heterocycles. The first kappa shape index (κ1) is 16.4. The summed E-state index contributed by atoms with van der Waals surface area (Å²) < 4.78 is 5.42. The van der Waals surface area contributed by atoms with E-state index < -0.39 is 0 Å². The zero-order chi connectivity index (χ0) is 17.8. The molecule has 0 radical (unpaired) electrons. The van der Waals surface area contributed by atoms with E-state index in [1.807, 2.05) is 48.5 Å². The molecule has 0 aliphatic carbocycles. The standard InChI is InChI=1S/C22H17ClN2O/c23-19-10-6-18(7-11-19)22-14-21(25-26-22)15-24-20-12-8-17(9-13-20)16-4-2-1-3-5-16/h1-14,24H,15H2. The van der Waals surface area contributed by atoms with Gasteiger partial charge in [-0.3, -0.25) is 0 Å². The molecule has 4 heteroatoms. The van der Waals surface area contributed by atoms with Gasteiger partial charge in [0, 0.05) is 22.3 Å². The highest BCUT2D eigenvalue weighted by molar-refractivity contribution is 6.30. The van der Waals surface area contributed by atoms with E-state index in [0.29, 0.717) is 11.6 Å². The maximum absolute atomic E-state index is 5.92. The first-order valence-corrected chi connectivity index (χ1v) is 8.77. The fourth-order valence-electron chi connectivity index (χ4n) is 2.75. The number of nitrogens with zero attached hydrogens (tertiary/aromatic N) is 1. The molecule has 3 aromatic carbocycles. The van der Waals surface area contributed by atoms with Gasteiger partial charge in [0.15, 0.2) is 5.76 Å². The van der Waals surface area contributed by atoms with Crippen molar-refractivity contribution in [3.05, 3.63) is 95.6 Å². The third-order valence-corrected chi connectivity index (χ3v) is 4.41. The molecule has 0 saturated carbocycles. The summed E-state index contributed by atoms with van der Waals surface area (Å²) in [6.07, 6.45) is 0. The van der Waals surface area contributed by atoms with E-state index in [0.717, 1.165) is 22.7 Å². The number of anilines is 1. The molecule has 0 aliphatic rings. The molecule has 0 unspecified atom stereocenters. The van der Waals surface area contributed by atoms with Crippen LogP contribution in [0.1, 0.15) is 5.69 Å². The Balaban J connectivity index is 1.41. The van der Waals surface area contributed by atoms with Gasteiger partial charge in [-0.15, -0.1) is 0 Å². The molecule has 0 amide bonds. The van der Waals surface area contributed by atoms with Gasteiger partial charge in [-0.05, 0) is 47.5 Å². The van der Waals surface area contributed by atoms with Gasteiger partial charge < -0.3 is 9.84 Å². The van der Waals surface area contributed by atoms with E-state index in [1.165, 1.54) is 11.1 Å². The highest BCUT2D eigenvalue weighted by Crippen LogP contribution is 2.24. The van der Waals surface area contributed by atoms with E-state index in [-0.39, 0.29) is 0 Å². The van der Waals surface area contributed by atoms with Crippen LogP contribution in [0.3, 0.4) is 0 Å². The van der Waals surface area contributed by atoms with E-state index in [4.69, 9.17) is 16.1 Å². The first-order valence-electron chi connectivity index (χ1n) is 8.39. The Bertz CT molecular complexity index is 977. The number of hydrogen-bond acceptors (Lipinski definition) is 3. The molecule has 4 rings (SSSR count). The van der Waals surface area contributed by atoms with Crippen molar-refractivity contribution in [2.24, 2.45) is 0 Å². The summed E-state index contributed by atoms with van der Waals surface area (Å²) in [6, 6.07) is 28.2. The summed E-state index contributed by atoms with van der Waals surface area (Å²) in [5.41, 5.74) is 5.26. The summed E-state index contributed by atoms with van der Waals surface area (Å²) in [5.74, 6) is 0.734. The van der Waals surface area contributed by atoms with E-state index in [9.17, 15) is 0 Å². The smallest absolute Gasteiger partial charge is 0.167 e. The summed E-state index contributed by atoms with van der Waals surface area (Å²) in [7, 11) is 0. The quantitative estimate of drug-likeness (QED) is 0.455. The first-order chi connectivity index (χ1) is 12.8. The number of aromatic nitrogens is 1. The van der Waals surface area contributed by atoms with Crippen molar-refractivity contribution in [1.82, 2.24) is 5.16 Å². The van der Waals surface area contributed by atoms with Gasteiger partial charge in [-0.1, -0.05) is 59.2 Å². The summed E-state index contributed by atoms with van der Waals surface area (Å²) >= 11 is 5.92. The second kappa shape index (κ2) is 7.46. The maximum Gasteiger partial charge on any atom is 0.167 e. The summed E-state index contributed by atoms with van der Waals surface area (Å²) in [6.45, 7) is 0.599. The van der Waals surface area contributed by atoms with Crippen LogP contribution >= 0.6 is 11.6 Å². The molecule has 4 aromatic rings. The molecule has 0 fully saturated rings. The average Bonchev–Trinajstić information content (AvgIpc) is 3.17. The van der Waals surface area contributed by atoms with Crippen LogP contribution in [0, 0.1) is 0 Å². The van der Waals surface area contributed by atoms with E-state index in [2.05, 4.69) is 46.9 Å². The van der Waals surface area contributed by atoms with Crippen molar-refractivity contribution in [2.45, 2.75) is 6.54 Å². The van der Waals surface area contributed by atoms with Crippen molar-refractivity contribution in [1.29, 1.82) is 0 Å². The zero-order valence-corrected chi connectivity index (χ0v) is 14.8. The van der Waals surface area contributed by atoms with Crippen LogP contribution in [-0.2, 0) is 6.54 Å². The number of rotatable bonds is 5. The van der Waals surface area contributed by atoms with Crippen molar-refractivity contribution in [2.75, 3.05) is 5.32 Å². The molecule has 1 aromatic heterocycles. The van der Waals surface area contributed by atoms with Crippen molar-refractivity contribution < 1.29 is 4.52 Å². The zero-order valence-electron chi connectivity index (χ0n) is 14.0. The third kappa shape index (κ3) is 3.79. The van der Waals surface area contributed by atoms with Gasteiger partial charge >= 0.3 is 0 Å². The summed E-state index contributed by atoms with van der Waals surface area (Å²) in [4.78, 5) is 0. The van der Waals surface area contributed by atoms with Gasteiger partial charge in [0.1, 0.15) is 5.69 Å². The van der Waals surface area contributed by atoms with Crippen molar-refractivity contribution in [3.8, 4) is 22.5 Å². The van der Waals surface area contributed by atoms with Crippen LogP contribution in [-0.4, -0.2) is 5.16 Å². The Labute approximate surface area is 157 Å². The van der Waals surface area contributed by atoms with Gasteiger partial charge in [-0.2, -0.15) is 0 Å². The van der Waals surface area contributed by atoms with Crippen molar-refractivity contribution in [3.63, 3.8) is 0 Å². The normalized spacial score (nSPS) is 10.7. The molecule has 0 saturated heterocycles. The molecule has 0 bridgehead atoms. The van der Waals surface area contributed by atoms with Crippen LogP contribution in [0.5, 0.6) is 0 Å². The Kier molecular flexibility index (Phi) is 4.71. The van der Waals surface area contributed by atoms with Crippen molar-refractivity contribution >= 4 is 17.3 Å². The Morgan fingerprint density at radius 3 is 2.15 bits per heavy atom. The molecule has 1 N–H and O–H groups in total. The Morgan fingerprint density at radius 2 is 1.42 bits per heavy atom. The Morgan fingerprint density at radius 1 is 0.769 bits per heavy atom. The SMILES string of the molecule is Clc1ccc(-c2cc(CNc3ccc(-c4ccccc4)cc3)no2)cc1. The maximum atomic E-state index is 5.92. The van der Waals surface area contributed by atoms with Crippen LogP contribution in [0.2, 0.25) is 5.02 Å². The molecule has 0 aliphatic heterocycles. The van der Waals surface area contributed by atoms with Gasteiger partial charge in [0.2, 0.25) is 0 Å². The predicted octanol–water partition coefficient (Wildman–Crippen LogP) is 6.27. The molecule has 128 valence electrons. The topological polar surface area (TPSA) is 38.1 Å². The minimum Gasteiger partial charge on any atom is -0.379 e. The monoisotopic (exact) mass is 360 g/mol. The lowest BCUT2D eigenvalue weighted by Crippen LogP contribution is -1.99. The fraction of sp³-hybridized carbons (Fsp3) is 0.0455. The largest absolute Gasteiger partial charge is 0.379 e. The Hall–Kier alpha value is -3.04. The highest BCUT2D eigenvalue weighted by Gasteiger charge is 2.07. The molecule has 26 heavy (non-hydrogen) atoms. The van der Waals surface area contributed by atoms with E-state index in [1.54, 1.807) is 0 Å². The summed E-state index contributed by atoms with van der Waals surface area (Å²) in [5, 5.41) is 8.20. The number of halogens is 1. The number of hydrogen-bond donors (Lipinski definition) is 1. The molecular formula is C22H17ClN2O. The van der Waals surface area contributed by atoms with Crippen LogP contribution in [0.15, 0.2) is 89.5 Å². The highest BCUT2D eigenvalue weighted by atomic mass is 35.5. The molecule has 0 atom stereocenters.